The molecule has 0 aliphatic carbocycles. The number of hydrogen-bond donors (Lipinski definition) is 2. The molecule has 1 aliphatic heterocycles. The summed E-state index contributed by atoms with van der Waals surface area (Å²) in [6.07, 6.45) is 3.46. The number of amides is 2. The van der Waals surface area contributed by atoms with Crippen LogP contribution in [0.4, 0.5) is 25.2 Å². The molecule has 1 aromatic heterocycles. The molecule has 2 heterocycles. The zero-order chi connectivity index (χ0) is 18.5. The first kappa shape index (κ1) is 18.0. The van der Waals surface area contributed by atoms with Gasteiger partial charge < -0.3 is 15.5 Å². The van der Waals surface area contributed by atoms with Crippen molar-refractivity contribution in [2.45, 2.75) is 32.7 Å². The van der Waals surface area contributed by atoms with E-state index in [2.05, 4.69) is 25.5 Å². The fourth-order valence-corrected chi connectivity index (χ4v) is 2.91. The molecule has 6 nitrogen and oxygen atoms in total. The predicted octanol–water partition coefficient (Wildman–Crippen LogP) is 3.38. The Balaban J connectivity index is 1.61. The summed E-state index contributed by atoms with van der Waals surface area (Å²) in [5, 5.41) is 5.04. The van der Waals surface area contributed by atoms with Crippen LogP contribution in [0.3, 0.4) is 0 Å². The van der Waals surface area contributed by atoms with Crippen LogP contribution in [0, 0.1) is 18.6 Å². The van der Waals surface area contributed by atoms with Crippen molar-refractivity contribution in [3.8, 4) is 0 Å². The summed E-state index contributed by atoms with van der Waals surface area (Å²) in [6.45, 7) is 3.94. The Morgan fingerprint density at radius 2 is 1.77 bits per heavy atom. The molecule has 26 heavy (non-hydrogen) atoms. The van der Waals surface area contributed by atoms with E-state index in [9.17, 15) is 13.6 Å². The maximum absolute atomic E-state index is 13.2. The Morgan fingerprint density at radius 1 is 1.08 bits per heavy atom. The van der Waals surface area contributed by atoms with Crippen molar-refractivity contribution >= 4 is 17.7 Å². The number of nitrogens with zero attached hydrogens (tertiary/aromatic N) is 3. The molecule has 0 saturated carbocycles. The lowest BCUT2D eigenvalue weighted by Crippen LogP contribution is -2.32. The quantitative estimate of drug-likeness (QED) is 0.876. The lowest BCUT2D eigenvalue weighted by molar-refractivity contribution is 0.251. The number of piperidine rings is 1. The van der Waals surface area contributed by atoms with E-state index in [0.29, 0.717) is 11.6 Å². The first-order chi connectivity index (χ1) is 12.5. The third kappa shape index (κ3) is 4.87. The minimum absolute atomic E-state index is 0.0490. The molecule has 1 fully saturated rings. The second kappa shape index (κ2) is 8.07. The van der Waals surface area contributed by atoms with Crippen LogP contribution in [-0.4, -0.2) is 29.1 Å². The topological polar surface area (TPSA) is 70.2 Å². The van der Waals surface area contributed by atoms with Gasteiger partial charge in [-0.05, 0) is 44.4 Å². The minimum atomic E-state index is -0.752. The largest absolute Gasteiger partial charge is 0.341 e. The smallest absolute Gasteiger partial charge is 0.319 e. The second-order valence-electron chi connectivity index (χ2n) is 6.31. The zero-order valence-corrected chi connectivity index (χ0v) is 14.6. The fraction of sp³-hybridized carbons (Fsp3) is 0.389. The first-order valence-electron chi connectivity index (χ1n) is 8.60. The van der Waals surface area contributed by atoms with E-state index in [0.717, 1.165) is 49.8 Å². The minimum Gasteiger partial charge on any atom is -0.341 e. The van der Waals surface area contributed by atoms with Gasteiger partial charge in [0.25, 0.3) is 0 Å². The highest BCUT2D eigenvalue weighted by atomic mass is 19.1. The molecule has 138 valence electrons. The Morgan fingerprint density at radius 3 is 2.46 bits per heavy atom. The molecule has 8 heteroatoms. The first-order valence-corrected chi connectivity index (χ1v) is 8.60. The third-order valence-corrected chi connectivity index (χ3v) is 4.08. The summed E-state index contributed by atoms with van der Waals surface area (Å²) in [7, 11) is 0. The number of aryl methyl sites for hydroxylation is 1. The second-order valence-corrected chi connectivity index (χ2v) is 6.31. The van der Waals surface area contributed by atoms with Gasteiger partial charge in [-0.3, -0.25) is 0 Å². The average molecular weight is 361 g/mol. The number of hydrogen-bond acceptors (Lipinski definition) is 4. The molecular formula is C18H21F2N5O. The highest BCUT2D eigenvalue weighted by Crippen LogP contribution is 2.17. The molecule has 1 aliphatic rings. The number of halogens is 2. The summed E-state index contributed by atoms with van der Waals surface area (Å²) in [5.41, 5.74) is 1.55. The van der Waals surface area contributed by atoms with E-state index in [1.165, 1.54) is 6.42 Å². The maximum Gasteiger partial charge on any atom is 0.319 e. The highest BCUT2D eigenvalue weighted by molar-refractivity contribution is 5.89. The lowest BCUT2D eigenvalue weighted by atomic mass is 10.1. The number of nitrogens with one attached hydrogen (secondary N) is 2. The Hall–Kier alpha value is -2.77. The van der Waals surface area contributed by atoms with Crippen LogP contribution in [-0.2, 0) is 6.54 Å². The molecule has 3 rings (SSSR count). The van der Waals surface area contributed by atoms with Gasteiger partial charge in [0.2, 0.25) is 5.95 Å². The lowest BCUT2D eigenvalue weighted by Gasteiger charge is -2.27. The van der Waals surface area contributed by atoms with E-state index in [1.807, 2.05) is 6.92 Å². The van der Waals surface area contributed by atoms with E-state index in [-0.39, 0.29) is 12.2 Å². The fourth-order valence-electron chi connectivity index (χ4n) is 2.91. The van der Waals surface area contributed by atoms with Crippen molar-refractivity contribution in [2.75, 3.05) is 23.3 Å². The van der Waals surface area contributed by atoms with Crippen LogP contribution in [0.1, 0.15) is 30.7 Å². The molecule has 0 unspecified atom stereocenters. The average Bonchev–Trinajstić information content (AvgIpc) is 2.59. The van der Waals surface area contributed by atoms with Crippen LogP contribution in [0.25, 0.3) is 0 Å². The Bertz CT molecular complexity index is 773. The molecule has 0 spiro atoms. The highest BCUT2D eigenvalue weighted by Gasteiger charge is 2.15. The molecule has 0 atom stereocenters. The van der Waals surface area contributed by atoms with Crippen LogP contribution in [0.2, 0.25) is 0 Å². The summed E-state index contributed by atoms with van der Waals surface area (Å²) >= 11 is 0. The van der Waals surface area contributed by atoms with Gasteiger partial charge in [-0.2, -0.15) is 0 Å². The zero-order valence-electron chi connectivity index (χ0n) is 14.6. The van der Waals surface area contributed by atoms with Crippen molar-refractivity contribution in [1.82, 2.24) is 15.3 Å². The number of urea groups is 1. The maximum atomic E-state index is 13.2. The van der Waals surface area contributed by atoms with E-state index in [1.54, 1.807) is 6.07 Å². The molecule has 2 aromatic rings. The van der Waals surface area contributed by atoms with Gasteiger partial charge in [-0.25, -0.2) is 23.5 Å². The van der Waals surface area contributed by atoms with Gasteiger partial charge in [0.15, 0.2) is 0 Å². The number of rotatable bonds is 4. The van der Waals surface area contributed by atoms with Gasteiger partial charge in [-0.1, -0.05) is 0 Å². The van der Waals surface area contributed by atoms with E-state index < -0.39 is 17.7 Å². The summed E-state index contributed by atoms with van der Waals surface area (Å²) < 4.78 is 26.3. The number of carbonyl (C=O) groups excluding carboxylic acids is 1. The van der Waals surface area contributed by atoms with Crippen molar-refractivity contribution in [3.05, 3.63) is 47.3 Å². The number of benzene rings is 1. The summed E-state index contributed by atoms with van der Waals surface area (Å²) in [4.78, 5) is 23.1. The van der Waals surface area contributed by atoms with Gasteiger partial charge in [0.1, 0.15) is 11.6 Å². The van der Waals surface area contributed by atoms with E-state index in [4.69, 9.17) is 0 Å². The van der Waals surface area contributed by atoms with Crippen molar-refractivity contribution in [1.29, 1.82) is 0 Å². The standard InChI is InChI=1S/C18H21F2N5O/c1-12-7-16(23-17(22-12)25-5-3-2-4-6-25)11-21-18(26)24-15-9-13(19)8-14(20)10-15/h7-10H,2-6,11H2,1H3,(H2,21,24,26). The summed E-state index contributed by atoms with van der Waals surface area (Å²) in [6, 6.07) is 4.08. The monoisotopic (exact) mass is 361 g/mol. The number of carbonyl (C=O) groups is 1. The molecule has 2 amide bonds. The molecule has 0 radical (unpaired) electrons. The molecular weight excluding hydrogens is 340 g/mol. The van der Waals surface area contributed by atoms with Crippen LogP contribution in [0.5, 0.6) is 0 Å². The predicted molar refractivity (Wildman–Crippen MR) is 95.0 cm³/mol. The molecule has 1 saturated heterocycles. The molecule has 1 aromatic carbocycles. The molecule has 2 N–H and O–H groups in total. The molecule has 0 bridgehead atoms. The van der Waals surface area contributed by atoms with Gasteiger partial charge in [0.05, 0.1) is 12.2 Å². The van der Waals surface area contributed by atoms with Gasteiger partial charge in [0, 0.05) is 30.5 Å². The van der Waals surface area contributed by atoms with Gasteiger partial charge in [-0.15, -0.1) is 0 Å². The van der Waals surface area contributed by atoms with E-state index >= 15 is 0 Å². The Labute approximate surface area is 150 Å². The van der Waals surface area contributed by atoms with Crippen molar-refractivity contribution in [3.63, 3.8) is 0 Å². The SMILES string of the molecule is Cc1cc(CNC(=O)Nc2cc(F)cc(F)c2)nc(N2CCCCC2)n1. The third-order valence-electron chi connectivity index (χ3n) is 4.08. The van der Waals surface area contributed by atoms with Crippen molar-refractivity contribution < 1.29 is 13.6 Å². The Kier molecular flexibility index (Phi) is 5.60. The normalized spacial score (nSPS) is 14.2. The van der Waals surface area contributed by atoms with Crippen LogP contribution >= 0.6 is 0 Å². The van der Waals surface area contributed by atoms with Gasteiger partial charge >= 0.3 is 6.03 Å². The summed E-state index contributed by atoms with van der Waals surface area (Å²) in [5.74, 6) is -0.829. The number of aromatic nitrogens is 2. The van der Waals surface area contributed by atoms with Crippen LogP contribution < -0.4 is 15.5 Å². The van der Waals surface area contributed by atoms with Crippen LogP contribution in [0.15, 0.2) is 24.3 Å². The van der Waals surface area contributed by atoms with Crippen molar-refractivity contribution in [2.24, 2.45) is 0 Å². The number of anilines is 2.